The molecule has 1 aliphatic rings. The molecule has 1 heteroatoms. The molecule has 1 aromatic carbocycles. The van der Waals surface area contributed by atoms with Crippen molar-refractivity contribution in [2.45, 2.75) is 39.2 Å². The zero-order valence-corrected chi connectivity index (χ0v) is 10.6. The topological polar surface area (TPSA) is 12.0 Å². The second-order valence-electron chi connectivity index (χ2n) is 5.12. The number of hydrogen-bond acceptors (Lipinski definition) is 1. The molecule has 0 spiro atoms. The first-order valence-corrected chi connectivity index (χ1v) is 6.52. The predicted molar refractivity (Wildman–Crippen MR) is 69.6 cm³/mol. The van der Waals surface area contributed by atoms with Gasteiger partial charge in [0.25, 0.3) is 0 Å². The summed E-state index contributed by atoms with van der Waals surface area (Å²) < 4.78 is 0. The minimum atomic E-state index is 0.642. The van der Waals surface area contributed by atoms with Crippen LogP contribution in [0.25, 0.3) is 0 Å². The molecule has 1 saturated carbocycles. The van der Waals surface area contributed by atoms with Crippen LogP contribution in [-0.4, -0.2) is 12.6 Å². The summed E-state index contributed by atoms with van der Waals surface area (Å²) in [7, 11) is 0. The molecule has 0 radical (unpaired) electrons. The summed E-state index contributed by atoms with van der Waals surface area (Å²) in [5.74, 6) is 2.49. The Balaban J connectivity index is 1.91. The van der Waals surface area contributed by atoms with Crippen LogP contribution in [0.4, 0.5) is 0 Å². The molecule has 1 aliphatic carbocycles. The van der Waals surface area contributed by atoms with Crippen molar-refractivity contribution in [3.63, 3.8) is 0 Å². The van der Waals surface area contributed by atoms with Crippen LogP contribution in [0, 0.1) is 11.8 Å². The van der Waals surface area contributed by atoms with Crippen LogP contribution in [0.2, 0.25) is 0 Å². The SMILES string of the molecule is CCNC(C)C(C)C1CC1c1ccccc1. The van der Waals surface area contributed by atoms with Gasteiger partial charge in [0.05, 0.1) is 0 Å². The zero-order chi connectivity index (χ0) is 11.5. The van der Waals surface area contributed by atoms with Crippen LogP contribution in [0.1, 0.15) is 38.7 Å². The van der Waals surface area contributed by atoms with Crippen molar-refractivity contribution in [1.82, 2.24) is 5.32 Å². The molecule has 2 rings (SSSR count). The van der Waals surface area contributed by atoms with E-state index in [-0.39, 0.29) is 0 Å². The third-order valence-corrected chi connectivity index (χ3v) is 4.06. The van der Waals surface area contributed by atoms with E-state index in [0.29, 0.717) is 6.04 Å². The second kappa shape index (κ2) is 5.01. The van der Waals surface area contributed by atoms with E-state index in [9.17, 15) is 0 Å². The van der Waals surface area contributed by atoms with Crippen molar-refractivity contribution in [3.8, 4) is 0 Å². The maximum Gasteiger partial charge on any atom is 0.00671 e. The fourth-order valence-corrected chi connectivity index (χ4v) is 2.76. The Morgan fingerprint density at radius 2 is 1.94 bits per heavy atom. The molecule has 1 aromatic rings. The first kappa shape index (κ1) is 11.7. The molecule has 1 N–H and O–H groups in total. The van der Waals surface area contributed by atoms with Crippen molar-refractivity contribution in [1.29, 1.82) is 0 Å². The normalized spacial score (nSPS) is 27.4. The fraction of sp³-hybridized carbons (Fsp3) is 0.600. The van der Waals surface area contributed by atoms with Gasteiger partial charge in [0.1, 0.15) is 0 Å². The van der Waals surface area contributed by atoms with E-state index < -0.39 is 0 Å². The molecule has 0 saturated heterocycles. The van der Waals surface area contributed by atoms with Gasteiger partial charge in [-0.25, -0.2) is 0 Å². The minimum Gasteiger partial charge on any atom is -0.314 e. The molecular formula is C15H23N. The van der Waals surface area contributed by atoms with Gasteiger partial charge in [-0.2, -0.15) is 0 Å². The van der Waals surface area contributed by atoms with Gasteiger partial charge in [0.2, 0.25) is 0 Å². The average molecular weight is 217 g/mol. The van der Waals surface area contributed by atoms with E-state index in [2.05, 4.69) is 56.4 Å². The molecule has 88 valence electrons. The Labute approximate surface area is 99.3 Å². The van der Waals surface area contributed by atoms with E-state index in [1.54, 1.807) is 0 Å². The Hall–Kier alpha value is -0.820. The first-order chi connectivity index (χ1) is 7.74. The smallest absolute Gasteiger partial charge is 0.00671 e. The van der Waals surface area contributed by atoms with E-state index in [0.717, 1.165) is 24.3 Å². The lowest BCUT2D eigenvalue weighted by Gasteiger charge is -2.20. The molecule has 1 fully saturated rings. The molecule has 4 unspecified atom stereocenters. The summed E-state index contributed by atoms with van der Waals surface area (Å²) in [4.78, 5) is 0. The predicted octanol–water partition coefficient (Wildman–Crippen LogP) is 3.42. The quantitative estimate of drug-likeness (QED) is 0.797. The van der Waals surface area contributed by atoms with Gasteiger partial charge in [-0.15, -0.1) is 0 Å². The maximum absolute atomic E-state index is 3.54. The number of hydrogen-bond donors (Lipinski definition) is 1. The second-order valence-corrected chi connectivity index (χ2v) is 5.12. The van der Waals surface area contributed by atoms with Gasteiger partial charge in [0.15, 0.2) is 0 Å². The minimum absolute atomic E-state index is 0.642. The van der Waals surface area contributed by atoms with Crippen molar-refractivity contribution < 1.29 is 0 Å². The lowest BCUT2D eigenvalue weighted by molar-refractivity contribution is 0.364. The first-order valence-electron chi connectivity index (χ1n) is 6.52. The van der Waals surface area contributed by atoms with Crippen LogP contribution in [0.5, 0.6) is 0 Å². The molecule has 0 aromatic heterocycles. The van der Waals surface area contributed by atoms with Crippen LogP contribution in [-0.2, 0) is 0 Å². The third-order valence-electron chi connectivity index (χ3n) is 4.06. The standard InChI is InChI=1S/C15H23N/c1-4-16-12(3)11(2)14-10-15(14)13-8-6-5-7-9-13/h5-9,11-12,14-16H,4,10H2,1-3H3. The number of benzene rings is 1. The van der Waals surface area contributed by atoms with Crippen molar-refractivity contribution in [2.75, 3.05) is 6.54 Å². The molecular weight excluding hydrogens is 194 g/mol. The van der Waals surface area contributed by atoms with Gasteiger partial charge >= 0.3 is 0 Å². The molecule has 0 aliphatic heterocycles. The van der Waals surface area contributed by atoms with Gasteiger partial charge in [0, 0.05) is 6.04 Å². The van der Waals surface area contributed by atoms with Crippen molar-refractivity contribution in [2.24, 2.45) is 11.8 Å². The number of nitrogens with one attached hydrogen (secondary N) is 1. The van der Waals surface area contributed by atoms with Crippen LogP contribution in [0.3, 0.4) is 0 Å². The lowest BCUT2D eigenvalue weighted by atomic mass is 9.95. The Bertz CT molecular complexity index is 319. The van der Waals surface area contributed by atoms with Crippen molar-refractivity contribution >= 4 is 0 Å². The summed E-state index contributed by atoms with van der Waals surface area (Å²) in [6.07, 6.45) is 1.38. The summed E-state index contributed by atoms with van der Waals surface area (Å²) in [5, 5.41) is 3.54. The maximum atomic E-state index is 3.54. The summed E-state index contributed by atoms with van der Waals surface area (Å²) >= 11 is 0. The molecule has 16 heavy (non-hydrogen) atoms. The molecule has 0 bridgehead atoms. The highest BCUT2D eigenvalue weighted by Crippen LogP contribution is 2.52. The highest BCUT2D eigenvalue weighted by Gasteiger charge is 2.43. The van der Waals surface area contributed by atoms with Gasteiger partial charge in [-0.3, -0.25) is 0 Å². The lowest BCUT2D eigenvalue weighted by Crippen LogP contribution is -2.33. The summed E-state index contributed by atoms with van der Waals surface area (Å²) in [6.45, 7) is 7.97. The molecule has 4 atom stereocenters. The molecule has 1 nitrogen and oxygen atoms in total. The van der Waals surface area contributed by atoms with E-state index in [4.69, 9.17) is 0 Å². The molecule has 0 amide bonds. The van der Waals surface area contributed by atoms with Gasteiger partial charge in [-0.1, -0.05) is 44.2 Å². The Morgan fingerprint density at radius 1 is 1.25 bits per heavy atom. The fourth-order valence-electron chi connectivity index (χ4n) is 2.76. The Kier molecular flexibility index (Phi) is 3.65. The zero-order valence-electron chi connectivity index (χ0n) is 10.6. The largest absolute Gasteiger partial charge is 0.314 e. The monoisotopic (exact) mass is 217 g/mol. The highest BCUT2D eigenvalue weighted by molar-refractivity contribution is 5.26. The van der Waals surface area contributed by atoms with E-state index >= 15 is 0 Å². The highest BCUT2D eigenvalue weighted by atomic mass is 14.9. The number of rotatable bonds is 5. The average Bonchev–Trinajstić information content (AvgIpc) is 3.09. The summed E-state index contributed by atoms with van der Waals surface area (Å²) in [6, 6.07) is 11.6. The van der Waals surface area contributed by atoms with Crippen LogP contribution in [0.15, 0.2) is 30.3 Å². The third kappa shape index (κ3) is 2.46. The van der Waals surface area contributed by atoms with Crippen LogP contribution >= 0.6 is 0 Å². The molecule has 0 heterocycles. The van der Waals surface area contributed by atoms with Crippen molar-refractivity contribution in [3.05, 3.63) is 35.9 Å². The van der Waals surface area contributed by atoms with E-state index in [1.807, 2.05) is 0 Å². The van der Waals surface area contributed by atoms with E-state index in [1.165, 1.54) is 12.0 Å². The summed E-state index contributed by atoms with van der Waals surface area (Å²) in [5.41, 5.74) is 1.53. The van der Waals surface area contributed by atoms with Gasteiger partial charge < -0.3 is 5.32 Å². The van der Waals surface area contributed by atoms with Gasteiger partial charge in [-0.05, 0) is 43.2 Å². The Morgan fingerprint density at radius 3 is 2.56 bits per heavy atom. The van der Waals surface area contributed by atoms with Crippen LogP contribution < -0.4 is 5.32 Å².